The number of amides is 4. The zero-order chi connectivity index (χ0) is 35.3. The Labute approximate surface area is 287 Å². The van der Waals surface area contributed by atoms with Gasteiger partial charge >= 0.3 is 12.1 Å². The van der Waals surface area contributed by atoms with Crippen molar-refractivity contribution in [3.05, 3.63) is 12.7 Å². The van der Waals surface area contributed by atoms with E-state index in [1.165, 1.54) is 4.90 Å². The largest absolute Gasteiger partial charge is 0.460 e. The molecule has 12 nitrogen and oxygen atoms in total. The summed E-state index contributed by atoms with van der Waals surface area (Å²) in [4.78, 5) is 80.4. The number of ketones is 1. The summed E-state index contributed by atoms with van der Waals surface area (Å²) >= 11 is 13.1. The summed E-state index contributed by atoms with van der Waals surface area (Å²) in [7, 11) is 0. The van der Waals surface area contributed by atoms with Gasteiger partial charge in [-0.1, -0.05) is 25.3 Å². The van der Waals surface area contributed by atoms with Gasteiger partial charge in [0.25, 0.3) is 5.91 Å². The van der Waals surface area contributed by atoms with Crippen LogP contribution in [0.15, 0.2) is 12.7 Å². The quantitative estimate of drug-likeness (QED) is 0.113. The van der Waals surface area contributed by atoms with Crippen molar-refractivity contribution in [2.45, 2.75) is 127 Å². The Morgan fingerprint density at radius 2 is 1.57 bits per heavy atom. The molecule has 4 amide bonds. The summed E-state index contributed by atoms with van der Waals surface area (Å²) in [6, 6.07) is -3.32. The molecule has 0 aromatic rings. The van der Waals surface area contributed by atoms with E-state index < -0.39 is 81.1 Å². The number of ether oxygens (including phenoxy) is 2. The number of esters is 1. The summed E-state index contributed by atoms with van der Waals surface area (Å²) in [5.74, 6) is -4.72. The summed E-state index contributed by atoms with van der Waals surface area (Å²) in [6.45, 7) is 13.9. The maximum Gasteiger partial charge on any atom is 0.408 e. The summed E-state index contributed by atoms with van der Waals surface area (Å²) in [5.41, 5.74) is -1.48. The highest BCUT2D eigenvalue weighted by Crippen LogP contribution is 2.65. The Hall–Kier alpha value is -2.86. The van der Waals surface area contributed by atoms with E-state index >= 15 is 0 Å². The van der Waals surface area contributed by atoms with E-state index in [9.17, 15) is 28.8 Å². The van der Waals surface area contributed by atoms with E-state index in [1.807, 2.05) is 0 Å². The molecule has 3 aliphatic rings. The number of piperidine rings is 1. The predicted octanol–water partition coefficient (Wildman–Crippen LogP) is 3.96. The number of rotatable bonds is 13. The fourth-order valence-electron chi connectivity index (χ4n) is 6.32. The van der Waals surface area contributed by atoms with Crippen LogP contribution in [0, 0.1) is 17.8 Å². The number of allylic oxidation sites excluding steroid dienone is 1. The molecule has 2 saturated carbocycles. The van der Waals surface area contributed by atoms with E-state index in [0.29, 0.717) is 6.42 Å². The van der Waals surface area contributed by atoms with E-state index in [0.717, 1.165) is 32.1 Å². The first kappa shape index (κ1) is 38.6. The molecular weight excluding hydrogens is 651 g/mol. The van der Waals surface area contributed by atoms with Crippen molar-refractivity contribution in [2.24, 2.45) is 17.8 Å². The minimum atomic E-state index is -1.25. The molecule has 3 unspecified atom stereocenters. The monoisotopic (exact) mass is 700 g/mol. The minimum absolute atomic E-state index is 0.0696. The molecule has 0 aromatic carbocycles. The number of alkyl carbamates (subject to hydrolysis) is 1. The molecule has 264 valence electrons. The van der Waals surface area contributed by atoms with Crippen LogP contribution < -0.4 is 16.0 Å². The van der Waals surface area contributed by atoms with Crippen molar-refractivity contribution < 1.29 is 38.2 Å². The number of hydrogen-bond acceptors (Lipinski definition) is 8. The van der Waals surface area contributed by atoms with E-state index in [2.05, 4.69) is 22.5 Å². The summed E-state index contributed by atoms with van der Waals surface area (Å²) in [6.07, 6.45) is 5.32. The van der Waals surface area contributed by atoms with E-state index in [-0.39, 0.29) is 31.8 Å². The van der Waals surface area contributed by atoms with Crippen molar-refractivity contribution in [1.29, 1.82) is 0 Å². The van der Waals surface area contributed by atoms with Crippen LogP contribution in [-0.4, -0.2) is 87.2 Å². The second-order valence-corrected chi connectivity index (χ2v) is 16.1. The lowest BCUT2D eigenvalue weighted by atomic mass is 9.83. The molecule has 0 bridgehead atoms. The SMILES string of the molecule is C=CCCC(NC(=O)[C@@H]1C2C(CN1C(=O)[C@@H](NC(=O)OC(C)(C)C)C1CCCCC1)C2(Cl)Cl)C(=O)C(=O)NCCC(=O)OC(C)(C)C. The molecule has 0 spiro atoms. The van der Waals surface area contributed by atoms with Crippen molar-refractivity contribution in [2.75, 3.05) is 13.1 Å². The molecule has 3 fully saturated rings. The summed E-state index contributed by atoms with van der Waals surface area (Å²) < 4.78 is 9.43. The number of halogens is 2. The Morgan fingerprint density at radius 3 is 2.15 bits per heavy atom. The van der Waals surface area contributed by atoms with Crippen LogP contribution in [0.1, 0.15) is 92.9 Å². The number of Topliss-reactive ketones (excluding diaryl/α,β-unsaturated/α-hetero) is 1. The topological polar surface area (TPSA) is 160 Å². The van der Waals surface area contributed by atoms with E-state index in [4.69, 9.17) is 32.7 Å². The number of nitrogens with zero attached hydrogens (tertiary/aromatic N) is 1. The number of carbonyl (C=O) groups excluding carboxylic acids is 6. The normalized spacial score (nSPS) is 23.4. The van der Waals surface area contributed by atoms with Gasteiger partial charge in [-0.2, -0.15) is 0 Å². The average molecular weight is 702 g/mol. The maximum atomic E-state index is 14.2. The number of carbonyl (C=O) groups is 6. The molecule has 1 saturated heterocycles. The number of likely N-dealkylation sites (tertiary alicyclic amines) is 1. The molecule has 0 radical (unpaired) electrons. The fraction of sp³-hybridized carbons (Fsp3) is 0.758. The number of nitrogens with one attached hydrogen (secondary N) is 3. The van der Waals surface area contributed by atoms with Gasteiger partial charge in [-0.15, -0.1) is 29.8 Å². The number of alkyl halides is 2. The lowest BCUT2D eigenvalue weighted by molar-refractivity contribution is -0.154. The Morgan fingerprint density at radius 1 is 0.957 bits per heavy atom. The minimum Gasteiger partial charge on any atom is -0.460 e. The third-order valence-corrected chi connectivity index (χ3v) is 9.56. The molecule has 47 heavy (non-hydrogen) atoms. The third-order valence-electron chi connectivity index (χ3n) is 8.49. The highest BCUT2D eigenvalue weighted by Gasteiger charge is 2.74. The van der Waals surface area contributed by atoms with Gasteiger partial charge in [0.1, 0.15) is 27.6 Å². The molecular formula is C33H50Cl2N4O8. The Kier molecular flexibility index (Phi) is 12.8. The lowest BCUT2D eigenvalue weighted by Crippen LogP contribution is -2.60. The molecule has 3 N–H and O–H groups in total. The van der Waals surface area contributed by atoms with Crippen LogP contribution in [-0.2, 0) is 33.4 Å². The predicted molar refractivity (Wildman–Crippen MR) is 176 cm³/mol. The van der Waals surface area contributed by atoms with Gasteiger partial charge in [0.15, 0.2) is 0 Å². The van der Waals surface area contributed by atoms with Gasteiger partial charge < -0.3 is 30.3 Å². The van der Waals surface area contributed by atoms with Gasteiger partial charge in [-0.25, -0.2) is 4.79 Å². The van der Waals surface area contributed by atoms with Crippen molar-refractivity contribution in [3.8, 4) is 0 Å². The molecule has 3 rings (SSSR count). The zero-order valence-corrected chi connectivity index (χ0v) is 29.8. The lowest BCUT2D eigenvalue weighted by Gasteiger charge is -2.36. The Balaban J connectivity index is 1.77. The molecule has 14 heteroatoms. The molecule has 1 aliphatic heterocycles. The highest BCUT2D eigenvalue weighted by molar-refractivity contribution is 6.51. The Bertz CT molecular complexity index is 1220. The smallest absolute Gasteiger partial charge is 0.408 e. The molecule has 1 heterocycles. The summed E-state index contributed by atoms with van der Waals surface area (Å²) in [5, 5.41) is 7.85. The van der Waals surface area contributed by atoms with Gasteiger partial charge in [-0.05, 0) is 73.1 Å². The van der Waals surface area contributed by atoms with Crippen molar-refractivity contribution in [1.82, 2.24) is 20.9 Å². The van der Waals surface area contributed by atoms with Gasteiger partial charge in [-0.3, -0.25) is 24.0 Å². The third kappa shape index (κ3) is 10.6. The van der Waals surface area contributed by atoms with Crippen LogP contribution in [0.4, 0.5) is 4.79 Å². The molecule has 2 aliphatic carbocycles. The van der Waals surface area contributed by atoms with Gasteiger partial charge in [0.2, 0.25) is 17.6 Å². The number of fused-ring (bicyclic) bond motifs is 1. The molecule has 0 aromatic heterocycles. The first-order valence-electron chi connectivity index (χ1n) is 16.4. The zero-order valence-electron chi connectivity index (χ0n) is 28.3. The van der Waals surface area contributed by atoms with Crippen LogP contribution in [0.3, 0.4) is 0 Å². The highest BCUT2D eigenvalue weighted by atomic mass is 35.5. The molecule has 5 atom stereocenters. The van der Waals surface area contributed by atoms with Crippen molar-refractivity contribution in [3.63, 3.8) is 0 Å². The van der Waals surface area contributed by atoms with Crippen molar-refractivity contribution >= 4 is 58.8 Å². The van der Waals surface area contributed by atoms with Crippen LogP contribution in [0.2, 0.25) is 0 Å². The first-order chi connectivity index (χ1) is 21.8. The van der Waals surface area contributed by atoms with Crippen LogP contribution in [0.5, 0.6) is 0 Å². The fourth-order valence-corrected chi connectivity index (χ4v) is 7.15. The second-order valence-electron chi connectivity index (χ2n) is 14.6. The number of hydrogen-bond donors (Lipinski definition) is 3. The van der Waals surface area contributed by atoms with Crippen LogP contribution in [0.25, 0.3) is 0 Å². The van der Waals surface area contributed by atoms with Gasteiger partial charge in [0.05, 0.1) is 12.5 Å². The van der Waals surface area contributed by atoms with Crippen LogP contribution >= 0.6 is 23.2 Å². The van der Waals surface area contributed by atoms with Gasteiger partial charge in [0, 0.05) is 24.9 Å². The van der Waals surface area contributed by atoms with E-state index in [1.54, 1.807) is 47.6 Å². The maximum absolute atomic E-state index is 14.2. The second kappa shape index (κ2) is 15.6. The first-order valence-corrected chi connectivity index (χ1v) is 17.2. The standard InChI is InChI=1S/C33H50Cl2N4O8/c1-8-9-15-21(26(41)28(43)36-17-16-22(40)46-31(2,3)4)37-27(42)25-23-20(33(23,34)35)18-39(25)29(44)24(19-13-11-10-12-14-19)38-30(45)47-32(5,6)7/h8,19-21,23-25H,1,9-18H2,2-7H3,(H,36,43)(H,37,42)(H,38,45)/t20?,21?,23?,24-,25-/m0/s1. The average Bonchev–Trinajstić information content (AvgIpc) is 3.26.